The Bertz CT molecular complexity index is 596. The Morgan fingerprint density at radius 1 is 1.09 bits per heavy atom. The smallest absolute Gasteiger partial charge is 0.406 e. The minimum atomic E-state index is -4.68. The predicted molar refractivity (Wildman–Crippen MR) is 83.7 cm³/mol. The summed E-state index contributed by atoms with van der Waals surface area (Å²) in [4.78, 5) is 8.14. The highest BCUT2D eigenvalue weighted by Gasteiger charge is 2.30. The fourth-order valence-corrected chi connectivity index (χ4v) is 1.58. The van der Waals surface area contributed by atoms with Crippen LogP contribution in [0.1, 0.15) is 19.4 Å². The maximum atomic E-state index is 12.0. The molecule has 0 saturated carbocycles. The Balaban J connectivity index is 0.00000116. The molecule has 0 aliphatic rings. The monoisotopic (exact) mass is 374 g/mol. The quantitative estimate of drug-likeness (QED) is 0.662. The molecule has 1 aromatic heterocycles. The number of halogens is 4. The van der Waals surface area contributed by atoms with Gasteiger partial charge in [0.05, 0.1) is 0 Å². The highest BCUT2D eigenvalue weighted by atomic mass is 79.9. The van der Waals surface area contributed by atoms with Crippen molar-refractivity contribution in [3.05, 3.63) is 52.6 Å². The maximum absolute atomic E-state index is 12.0. The fraction of sp³-hybridized carbons (Fsp3) is 0.200. The van der Waals surface area contributed by atoms with E-state index in [9.17, 15) is 13.2 Å². The Labute approximate surface area is 135 Å². The van der Waals surface area contributed by atoms with E-state index in [1.165, 1.54) is 30.5 Å². The summed E-state index contributed by atoms with van der Waals surface area (Å²) in [6.45, 7) is 4.00. The maximum Gasteiger partial charge on any atom is 0.573 e. The largest absolute Gasteiger partial charge is 0.573 e. The molecular formula is C15H14BrF3N2O. The third-order valence-corrected chi connectivity index (χ3v) is 2.64. The Kier molecular flexibility index (Phi) is 7.04. The molecule has 0 spiro atoms. The summed E-state index contributed by atoms with van der Waals surface area (Å²) in [7, 11) is 0. The highest BCUT2D eigenvalue weighted by molar-refractivity contribution is 9.10. The lowest BCUT2D eigenvalue weighted by atomic mass is 10.2. The van der Waals surface area contributed by atoms with Crippen LogP contribution in [0.25, 0.3) is 0 Å². The lowest BCUT2D eigenvalue weighted by molar-refractivity contribution is -0.274. The van der Waals surface area contributed by atoms with Gasteiger partial charge < -0.3 is 4.74 Å². The zero-order chi connectivity index (χ0) is 16.6. The molecule has 0 fully saturated rings. The number of aromatic nitrogens is 1. The normalized spacial score (nSPS) is 11.0. The summed E-state index contributed by atoms with van der Waals surface area (Å²) in [5.41, 5.74) is 0.643. The molecule has 0 N–H and O–H groups in total. The molecule has 0 saturated heterocycles. The fourth-order valence-electron chi connectivity index (χ4n) is 1.34. The first-order chi connectivity index (χ1) is 10.4. The summed E-state index contributed by atoms with van der Waals surface area (Å²) in [5.74, 6) is 0.236. The number of pyridine rings is 1. The number of benzene rings is 1. The number of rotatable bonds is 3. The van der Waals surface area contributed by atoms with Crippen molar-refractivity contribution in [2.45, 2.75) is 20.2 Å². The molecule has 0 bridgehead atoms. The summed E-state index contributed by atoms with van der Waals surface area (Å²) in [5, 5.41) is 0. The van der Waals surface area contributed by atoms with E-state index in [4.69, 9.17) is 0 Å². The Morgan fingerprint density at radius 2 is 1.73 bits per heavy atom. The second-order valence-corrected chi connectivity index (χ2v) is 4.63. The zero-order valence-corrected chi connectivity index (χ0v) is 13.5. The van der Waals surface area contributed by atoms with Gasteiger partial charge in [0.2, 0.25) is 0 Å². The molecule has 0 radical (unpaired) electrons. The van der Waals surface area contributed by atoms with Gasteiger partial charge >= 0.3 is 6.36 Å². The Morgan fingerprint density at radius 3 is 2.23 bits per heavy atom. The van der Waals surface area contributed by atoms with E-state index in [1.54, 1.807) is 18.3 Å². The van der Waals surface area contributed by atoms with Crippen LogP contribution in [-0.2, 0) is 0 Å². The third kappa shape index (κ3) is 6.71. The zero-order valence-electron chi connectivity index (χ0n) is 11.9. The van der Waals surface area contributed by atoms with Crippen LogP contribution in [0.2, 0.25) is 0 Å². The molecule has 2 aromatic rings. The van der Waals surface area contributed by atoms with E-state index in [2.05, 4.69) is 30.6 Å². The van der Waals surface area contributed by atoms with Crippen molar-refractivity contribution in [2.24, 2.45) is 4.99 Å². The van der Waals surface area contributed by atoms with Crippen LogP contribution >= 0.6 is 15.9 Å². The first-order valence-electron chi connectivity index (χ1n) is 6.44. The van der Waals surface area contributed by atoms with Crippen molar-refractivity contribution in [3.63, 3.8) is 0 Å². The molecule has 22 heavy (non-hydrogen) atoms. The van der Waals surface area contributed by atoms with Crippen LogP contribution in [0.15, 0.2) is 52.1 Å². The van der Waals surface area contributed by atoms with Gasteiger partial charge in [-0.25, -0.2) is 9.98 Å². The van der Waals surface area contributed by atoms with Crippen molar-refractivity contribution in [1.29, 1.82) is 0 Å². The SMILES string of the molecule is CC.FC(F)(F)Oc1ccc(C=Nc2ccc(Br)cn2)cc1. The van der Waals surface area contributed by atoms with Crippen LogP contribution in [0.4, 0.5) is 19.0 Å². The molecule has 2 rings (SSSR count). The molecule has 1 heterocycles. The number of hydrogen-bond donors (Lipinski definition) is 0. The van der Waals surface area contributed by atoms with Crippen molar-refractivity contribution < 1.29 is 17.9 Å². The summed E-state index contributed by atoms with van der Waals surface area (Å²) in [6, 6.07) is 8.90. The van der Waals surface area contributed by atoms with Crippen molar-refractivity contribution in [1.82, 2.24) is 4.98 Å². The van der Waals surface area contributed by atoms with E-state index >= 15 is 0 Å². The van der Waals surface area contributed by atoms with Gasteiger partial charge in [0, 0.05) is 16.9 Å². The van der Waals surface area contributed by atoms with Crippen LogP contribution in [0.5, 0.6) is 5.75 Å². The molecule has 118 valence electrons. The van der Waals surface area contributed by atoms with Crippen LogP contribution in [-0.4, -0.2) is 17.6 Å². The first kappa shape index (κ1) is 18.2. The third-order valence-electron chi connectivity index (χ3n) is 2.17. The van der Waals surface area contributed by atoms with E-state index in [-0.39, 0.29) is 5.75 Å². The van der Waals surface area contributed by atoms with E-state index < -0.39 is 6.36 Å². The minimum Gasteiger partial charge on any atom is -0.406 e. The molecule has 0 aliphatic heterocycles. The number of aliphatic imine (C=N–C) groups is 1. The standard InChI is InChI=1S/C13H8BrF3N2O.C2H6/c14-10-3-6-12(19-8-10)18-7-9-1-4-11(5-2-9)20-13(15,16)17;1-2/h1-8H;1-2H3. The van der Waals surface area contributed by atoms with Gasteiger partial charge in [-0.1, -0.05) is 13.8 Å². The minimum absolute atomic E-state index is 0.267. The summed E-state index contributed by atoms with van der Waals surface area (Å²) in [6.07, 6.45) is -1.57. The first-order valence-corrected chi connectivity index (χ1v) is 7.23. The van der Waals surface area contributed by atoms with Gasteiger partial charge in [0.1, 0.15) is 5.75 Å². The van der Waals surface area contributed by atoms with Gasteiger partial charge in [-0.3, -0.25) is 0 Å². The highest BCUT2D eigenvalue weighted by Crippen LogP contribution is 2.22. The average Bonchev–Trinajstić information content (AvgIpc) is 2.49. The number of nitrogens with zero attached hydrogens (tertiary/aromatic N) is 2. The van der Waals surface area contributed by atoms with Crippen molar-refractivity contribution in [3.8, 4) is 5.75 Å². The molecule has 1 aromatic carbocycles. The lowest BCUT2D eigenvalue weighted by Gasteiger charge is -2.08. The molecule has 0 aliphatic carbocycles. The van der Waals surface area contributed by atoms with Crippen molar-refractivity contribution in [2.75, 3.05) is 0 Å². The van der Waals surface area contributed by atoms with Crippen LogP contribution in [0.3, 0.4) is 0 Å². The van der Waals surface area contributed by atoms with E-state index in [0.29, 0.717) is 11.4 Å². The van der Waals surface area contributed by atoms with E-state index in [0.717, 1.165) is 4.47 Å². The van der Waals surface area contributed by atoms with Gasteiger partial charge in [-0.2, -0.15) is 0 Å². The summed E-state index contributed by atoms with van der Waals surface area (Å²) >= 11 is 3.25. The molecule has 7 heteroatoms. The predicted octanol–water partition coefficient (Wildman–Crippen LogP) is 5.52. The van der Waals surface area contributed by atoms with Gasteiger partial charge in [-0.15, -0.1) is 13.2 Å². The molecule has 0 amide bonds. The number of hydrogen-bond acceptors (Lipinski definition) is 3. The lowest BCUT2D eigenvalue weighted by Crippen LogP contribution is -2.16. The average molecular weight is 375 g/mol. The molecular weight excluding hydrogens is 361 g/mol. The van der Waals surface area contributed by atoms with Crippen LogP contribution < -0.4 is 4.74 Å². The van der Waals surface area contributed by atoms with E-state index in [1.807, 2.05) is 13.8 Å². The molecule has 3 nitrogen and oxygen atoms in total. The van der Waals surface area contributed by atoms with Crippen molar-refractivity contribution >= 4 is 28.0 Å². The Hall–Kier alpha value is -1.89. The van der Waals surface area contributed by atoms with Crippen LogP contribution in [0, 0.1) is 0 Å². The molecule has 0 unspecified atom stereocenters. The number of ether oxygens (including phenoxy) is 1. The molecule has 0 atom stereocenters. The number of alkyl halides is 3. The summed E-state index contributed by atoms with van der Waals surface area (Å²) < 4.78 is 40.6. The topological polar surface area (TPSA) is 34.5 Å². The van der Waals surface area contributed by atoms with Gasteiger partial charge in [-0.05, 0) is 57.9 Å². The second-order valence-electron chi connectivity index (χ2n) is 3.71. The van der Waals surface area contributed by atoms with Gasteiger partial charge in [0.25, 0.3) is 0 Å². The van der Waals surface area contributed by atoms with Gasteiger partial charge in [0.15, 0.2) is 5.82 Å². The second kappa shape index (κ2) is 8.53.